The number of aliphatic hydroxyl groups excluding tert-OH is 3. The SMILES string of the molecule is CN1CC2=CC(O)CC3Oc4c(O)ccc(c4C23)C1.COc1ccc2c3c1OC1CC(=O)C=C(CN(C)C2)C31.COc1ccc2c3c1OC1CC(C)C=C(CN(C)C2)C31.COc1ccc2c3c1OC1CC(O)C=C(CN(C)C2)C31.COc1ccc2c3c1OC1CC(O)C=C(CN(C)C2)C31.COc1ccc2c3c1OC1CC(OSOOO)C=C(CN(C)C2)C31. The van der Waals surface area contributed by atoms with E-state index in [1.54, 1.807) is 41.6 Å². The lowest BCUT2D eigenvalue weighted by Crippen LogP contribution is -2.33. The predicted octanol–water partition coefficient (Wildman–Crippen LogP) is 12.2. The molecule has 12 aliphatic heterocycles. The van der Waals surface area contributed by atoms with Crippen LogP contribution in [0.2, 0.25) is 0 Å². The Balaban J connectivity index is 0.0000000971. The number of phenols is 1. The molecule has 0 aromatic heterocycles. The molecule has 12 heterocycles. The number of carbonyl (C=O) groups excluding carboxylic acids is 1. The number of nitrogens with zero attached hydrogens (tertiary/aromatic N) is 6. The Hall–Kier alpha value is -9.14. The fourth-order valence-electron chi connectivity index (χ4n) is 23.3. The van der Waals surface area contributed by atoms with Crippen molar-refractivity contribution in [2.75, 3.05) is 117 Å². The van der Waals surface area contributed by atoms with E-state index in [-0.39, 0.29) is 77.7 Å². The minimum Gasteiger partial charge on any atom is -0.504 e. The number of hydrogen-bond acceptors (Lipinski definition) is 27. The number of ketones is 1. The van der Waals surface area contributed by atoms with Gasteiger partial charge in [-0.15, -0.1) is 4.33 Å². The summed E-state index contributed by atoms with van der Waals surface area (Å²) in [6.07, 6.45) is 15.5. The molecule has 6 aromatic rings. The zero-order valence-corrected chi connectivity index (χ0v) is 72.7. The number of hydrogen-bond donors (Lipinski definition) is 5. The molecule has 652 valence electrons. The molecule has 5 N–H and O–H groups in total. The van der Waals surface area contributed by atoms with Gasteiger partial charge >= 0.3 is 0 Å². The summed E-state index contributed by atoms with van der Waals surface area (Å²) in [6, 6.07) is 24.4. The van der Waals surface area contributed by atoms with Crippen molar-refractivity contribution in [1.82, 2.24) is 29.4 Å². The summed E-state index contributed by atoms with van der Waals surface area (Å²) >= 11 is 0.609. The maximum atomic E-state index is 11.9. The van der Waals surface area contributed by atoms with E-state index in [9.17, 15) is 25.2 Å². The molecule has 6 aromatic carbocycles. The van der Waals surface area contributed by atoms with Crippen LogP contribution in [-0.4, -0.2) is 239 Å². The first-order chi connectivity index (χ1) is 59.5. The summed E-state index contributed by atoms with van der Waals surface area (Å²) < 4.78 is 74.0. The van der Waals surface area contributed by atoms with Crippen molar-refractivity contribution in [1.29, 1.82) is 0 Å². The van der Waals surface area contributed by atoms with E-state index in [0.29, 0.717) is 68.1 Å². The van der Waals surface area contributed by atoms with Crippen LogP contribution in [-0.2, 0) is 57.6 Å². The summed E-state index contributed by atoms with van der Waals surface area (Å²) in [7, 11) is 21.1. The van der Waals surface area contributed by atoms with Gasteiger partial charge in [0.1, 0.15) is 36.6 Å². The zero-order valence-electron chi connectivity index (χ0n) is 71.9. The van der Waals surface area contributed by atoms with E-state index < -0.39 is 18.3 Å². The first-order valence-corrected chi connectivity index (χ1v) is 43.7. The van der Waals surface area contributed by atoms with E-state index in [0.717, 1.165) is 148 Å². The van der Waals surface area contributed by atoms with Gasteiger partial charge in [-0.05, 0) is 164 Å². The highest BCUT2D eigenvalue weighted by Crippen LogP contribution is 2.60. The van der Waals surface area contributed by atoms with Crippen LogP contribution in [0.1, 0.15) is 148 Å². The molecule has 6 aliphatic carbocycles. The molecule has 123 heavy (non-hydrogen) atoms. The number of allylic oxidation sites excluding steroid dienone is 2. The molecule has 18 aliphatic rings. The molecule has 0 fully saturated rings. The Morgan fingerprint density at radius 2 is 0.634 bits per heavy atom. The van der Waals surface area contributed by atoms with Crippen LogP contribution in [0.3, 0.4) is 0 Å². The van der Waals surface area contributed by atoms with Gasteiger partial charge in [-0.25, -0.2) is 5.26 Å². The second-order valence-electron chi connectivity index (χ2n) is 36.5. The van der Waals surface area contributed by atoms with Crippen LogP contribution in [0.15, 0.2) is 143 Å². The standard InChI is InChI=1S/C17H21NO2.C16H19NO6S.2C16H19NO3.C16H17NO3.C15H17NO3/c1-10-6-12-9-18(2)8-11-4-5-13(19-3)17-16(11)15(12)14(7-10)20-17;1-17-7-9-3-4-12(19-2)16-15(9)14-10(8-17)5-11(6-13(14)20-16)21-24-23-22-18;3*1-17-7-9-3-4-12(19-2)16-15(9)14-10(8-17)5-11(18)6-13(14)20-16;1-16-6-8-2-3-11(18)15-14(8)13-9(7-16)4-10(17)5-12(13)19-15/h4-6,10,14-15H,7-9H2,1-3H3;3-5,11,13-14,18H,6-8H2,1-2H3;2*3-5,11,13-14,18H,6-8H2,1-2H3;3-5,13-14H,6-8H2,1-2H3;2-4,10,12-13,17-18H,5-7H2,1H3. The Bertz CT molecular complexity index is 5090. The molecule has 24 rings (SSSR count). The van der Waals surface area contributed by atoms with Crippen molar-refractivity contribution in [3.63, 3.8) is 0 Å². The van der Waals surface area contributed by atoms with Crippen LogP contribution in [0, 0.1) is 5.92 Å². The van der Waals surface area contributed by atoms with Crippen molar-refractivity contribution >= 4 is 18.1 Å². The number of aromatic hydroxyl groups is 1. The van der Waals surface area contributed by atoms with Crippen LogP contribution < -0.4 is 52.1 Å². The lowest BCUT2D eigenvalue weighted by molar-refractivity contribution is -0.434. The largest absolute Gasteiger partial charge is 0.504 e. The number of benzene rings is 6. The van der Waals surface area contributed by atoms with E-state index in [1.165, 1.54) is 94.6 Å². The van der Waals surface area contributed by atoms with Gasteiger partial charge in [-0.1, -0.05) is 78.7 Å². The fourth-order valence-corrected chi connectivity index (χ4v) is 23.6. The average molecular weight is 1700 g/mol. The number of methoxy groups -OCH3 is 5. The number of likely N-dealkylation sites (N-methyl/N-ethyl adjacent to an activating group) is 6. The number of aliphatic hydroxyl groups is 3. The van der Waals surface area contributed by atoms with Crippen molar-refractivity contribution in [2.45, 2.75) is 181 Å². The molecule has 27 heteroatoms. The van der Waals surface area contributed by atoms with Crippen LogP contribution in [0.4, 0.5) is 0 Å². The van der Waals surface area contributed by atoms with Crippen LogP contribution in [0.25, 0.3) is 0 Å². The minimum absolute atomic E-state index is 0.00203. The predicted molar refractivity (Wildman–Crippen MR) is 460 cm³/mol. The molecular formula is C96H112N6O20S. The van der Waals surface area contributed by atoms with Crippen molar-refractivity contribution in [3.05, 3.63) is 209 Å². The summed E-state index contributed by atoms with van der Waals surface area (Å²) in [5.74, 6) is 11.8. The maximum Gasteiger partial charge on any atom is 0.198 e. The lowest BCUT2D eigenvalue weighted by Gasteiger charge is -2.30. The van der Waals surface area contributed by atoms with Gasteiger partial charge in [-0.3, -0.25) is 38.4 Å². The van der Waals surface area contributed by atoms with Gasteiger partial charge in [0.2, 0.25) is 0 Å². The molecule has 0 saturated carbocycles. The molecular weight excluding hydrogens is 1590 g/mol. The Morgan fingerprint density at radius 3 is 0.984 bits per heavy atom. The highest BCUT2D eigenvalue weighted by molar-refractivity contribution is 7.89. The van der Waals surface area contributed by atoms with Crippen LogP contribution in [0.5, 0.6) is 69.0 Å². The Kier molecular flexibility index (Phi) is 23.0. The normalized spacial score (nSPS) is 30.1. The third kappa shape index (κ3) is 15.4. The van der Waals surface area contributed by atoms with Crippen molar-refractivity contribution < 1.29 is 96.1 Å². The van der Waals surface area contributed by atoms with Gasteiger partial charge in [-0.2, -0.15) is 0 Å². The Labute approximate surface area is 722 Å². The average Bonchev–Trinajstić information content (AvgIpc) is 1.65. The third-order valence-electron chi connectivity index (χ3n) is 27.7. The monoisotopic (exact) mass is 1700 g/mol. The lowest BCUT2D eigenvalue weighted by atomic mass is 9.77. The maximum absolute atomic E-state index is 11.9. The topological polar surface area (TPSA) is 267 Å². The molecule has 0 spiro atoms. The molecule has 0 bridgehead atoms. The van der Waals surface area contributed by atoms with Gasteiger partial charge in [0, 0.05) is 180 Å². The van der Waals surface area contributed by atoms with Crippen LogP contribution >= 0.6 is 12.3 Å². The van der Waals surface area contributed by atoms with E-state index in [1.807, 2.05) is 54.6 Å². The quantitative estimate of drug-likeness (QED) is 0.0296. The van der Waals surface area contributed by atoms with Gasteiger partial charge in [0.15, 0.2) is 87.1 Å². The number of rotatable bonds is 9. The molecule has 0 amide bonds. The van der Waals surface area contributed by atoms with Gasteiger partial charge < -0.3 is 72.5 Å². The second kappa shape index (κ2) is 34.0. The first-order valence-electron chi connectivity index (χ1n) is 43.1. The summed E-state index contributed by atoms with van der Waals surface area (Å²) in [6.45, 7) is 13.0. The Morgan fingerprint density at radius 1 is 0.350 bits per heavy atom. The molecule has 17 atom stereocenters. The highest BCUT2D eigenvalue weighted by Gasteiger charge is 2.52. The highest BCUT2D eigenvalue weighted by atomic mass is 32.2. The van der Waals surface area contributed by atoms with Crippen molar-refractivity contribution in [2.24, 2.45) is 5.92 Å². The number of phenolic OH excluding ortho intramolecular Hbond substituents is 1. The fraction of sp³-hybridized carbons (Fsp3) is 0.490. The molecule has 0 saturated heterocycles. The van der Waals surface area contributed by atoms with Gasteiger partial charge in [0.05, 0.1) is 60.0 Å². The number of carbonyl (C=O) groups is 1. The second-order valence-corrected chi connectivity index (χ2v) is 36.9. The summed E-state index contributed by atoms with van der Waals surface area (Å²) in [4.78, 5) is 25.7. The molecule has 0 radical (unpaired) electrons. The van der Waals surface area contributed by atoms with Crippen molar-refractivity contribution in [3.8, 4) is 69.0 Å². The summed E-state index contributed by atoms with van der Waals surface area (Å²) in [5.41, 5.74) is 23.1. The van der Waals surface area contributed by atoms with E-state index >= 15 is 0 Å². The molecule has 26 nitrogen and oxygen atoms in total. The third-order valence-corrected chi connectivity index (χ3v) is 28.1. The van der Waals surface area contributed by atoms with E-state index in [2.05, 4.69) is 137 Å². The number of ether oxygens (including phenoxy) is 11. The zero-order chi connectivity index (χ0) is 85.2. The molecule has 17 unspecified atom stereocenters. The minimum atomic E-state index is -0.442. The van der Waals surface area contributed by atoms with Gasteiger partial charge in [0.25, 0.3) is 0 Å². The first kappa shape index (κ1) is 83.4. The smallest absolute Gasteiger partial charge is 0.198 e. The van der Waals surface area contributed by atoms with E-state index in [4.69, 9.17) is 61.5 Å². The summed E-state index contributed by atoms with van der Waals surface area (Å²) in [5, 5.41) is 51.9.